The summed E-state index contributed by atoms with van der Waals surface area (Å²) in [6.07, 6.45) is -0.332. The Morgan fingerprint density at radius 1 is 0.935 bits per heavy atom. The second-order valence-corrected chi connectivity index (χ2v) is 8.11. The standard InChI is InChI=1S/C24H21ClO6/c1-12-8-20(28)21-23(30)16(10-13-4-2-3-5-18(13)26)22(29)17(24(21)31-12)11-14-9-15(25)6-7-19(14)27/h2-7,9,12,26-27,29-30H,8,10-11H2,1H3. The predicted molar refractivity (Wildman–Crippen MR) is 116 cm³/mol. The lowest BCUT2D eigenvalue weighted by Crippen LogP contribution is -2.25. The average molecular weight is 441 g/mol. The summed E-state index contributed by atoms with van der Waals surface area (Å²) in [5, 5.41) is 42.8. The number of hydrogen-bond donors (Lipinski definition) is 4. The van der Waals surface area contributed by atoms with Crippen molar-refractivity contribution in [3.63, 3.8) is 0 Å². The lowest BCUT2D eigenvalue weighted by atomic mass is 9.88. The molecule has 0 saturated heterocycles. The van der Waals surface area contributed by atoms with E-state index in [4.69, 9.17) is 16.3 Å². The van der Waals surface area contributed by atoms with Crippen LogP contribution in [0.15, 0.2) is 42.5 Å². The quantitative estimate of drug-likeness (QED) is 0.468. The van der Waals surface area contributed by atoms with Gasteiger partial charge < -0.3 is 25.2 Å². The van der Waals surface area contributed by atoms with Gasteiger partial charge in [0.2, 0.25) is 0 Å². The zero-order chi connectivity index (χ0) is 22.3. The molecule has 4 N–H and O–H groups in total. The summed E-state index contributed by atoms with van der Waals surface area (Å²) in [6, 6.07) is 11.1. The van der Waals surface area contributed by atoms with Gasteiger partial charge in [-0.1, -0.05) is 29.8 Å². The maximum atomic E-state index is 12.8. The Morgan fingerprint density at radius 2 is 1.61 bits per heavy atom. The first-order chi connectivity index (χ1) is 14.8. The number of aromatic hydroxyl groups is 4. The van der Waals surface area contributed by atoms with E-state index in [1.54, 1.807) is 31.2 Å². The first-order valence-electron chi connectivity index (χ1n) is 9.80. The zero-order valence-electron chi connectivity index (χ0n) is 16.7. The number of rotatable bonds is 4. The van der Waals surface area contributed by atoms with Crippen molar-refractivity contribution in [2.24, 2.45) is 0 Å². The molecule has 0 saturated carbocycles. The summed E-state index contributed by atoms with van der Waals surface area (Å²) >= 11 is 6.07. The van der Waals surface area contributed by atoms with Crippen LogP contribution in [0.25, 0.3) is 0 Å². The van der Waals surface area contributed by atoms with Crippen molar-refractivity contribution in [1.82, 2.24) is 0 Å². The minimum atomic E-state index is -0.436. The Bertz CT molecular complexity index is 1190. The van der Waals surface area contributed by atoms with E-state index < -0.39 is 6.10 Å². The Labute approximate surface area is 183 Å². The van der Waals surface area contributed by atoms with Gasteiger partial charge in [0.1, 0.15) is 40.4 Å². The third-order valence-electron chi connectivity index (χ3n) is 5.43. The smallest absolute Gasteiger partial charge is 0.174 e. The van der Waals surface area contributed by atoms with Gasteiger partial charge in [-0.05, 0) is 42.3 Å². The predicted octanol–water partition coefficient (Wildman–Crippen LogP) is 4.70. The molecule has 0 spiro atoms. The molecule has 0 amide bonds. The lowest BCUT2D eigenvalue weighted by molar-refractivity contribution is 0.0863. The zero-order valence-corrected chi connectivity index (χ0v) is 17.5. The van der Waals surface area contributed by atoms with E-state index >= 15 is 0 Å². The van der Waals surface area contributed by atoms with Gasteiger partial charge in [0.25, 0.3) is 0 Å². The minimum absolute atomic E-state index is 0.00200. The highest BCUT2D eigenvalue weighted by Crippen LogP contribution is 2.48. The van der Waals surface area contributed by atoms with Crippen molar-refractivity contribution >= 4 is 17.4 Å². The van der Waals surface area contributed by atoms with Crippen LogP contribution in [0.4, 0.5) is 0 Å². The SMILES string of the molecule is CC1CC(=O)c2c(O)c(Cc3ccccc3O)c(O)c(Cc3cc(Cl)ccc3O)c2O1. The number of carbonyl (C=O) groups is 1. The molecule has 1 atom stereocenters. The number of Topliss-reactive ketones (excluding diaryl/α,β-unsaturated/α-hetero) is 1. The first kappa shape index (κ1) is 20.9. The monoisotopic (exact) mass is 440 g/mol. The molecular weight excluding hydrogens is 420 g/mol. The number of hydrogen-bond acceptors (Lipinski definition) is 6. The number of fused-ring (bicyclic) bond motifs is 1. The fraction of sp³-hybridized carbons (Fsp3) is 0.208. The number of phenolic OH excluding ortho intramolecular Hbond substituents is 4. The number of ketones is 1. The minimum Gasteiger partial charge on any atom is -0.508 e. The van der Waals surface area contributed by atoms with Gasteiger partial charge in [0.15, 0.2) is 5.78 Å². The summed E-state index contributed by atoms with van der Waals surface area (Å²) in [7, 11) is 0. The second-order valence-electron chi connectivity index (χ2n) is 7.67. The summed E-state index contributed by atoms with van der Waals surface area (Å²) in [5.41, 5.74) is 1.26. The van der Waals surface area contributed by atoms with Crippen molar-refractivity contribution in [2.75, 3.05) is 0 Å². The maximum Gasteiger partial charge on any atom is 0.174 e. The Hall–Kier alpha value is -3.38. The molecule has 0 aromatic heterocycles. The van der Waals surface area contributed by atoms with E-state index in [-0.39, 0.29) is 70.5 Å². The number of halogens is 1. The lowest BCUT2D eigenvalue weighted by Gasteiger charge is -2.28. The van der Waals surface area contributed by atoms with Crippen LogP contribution in [0.5, 0.6) is 28.7 Å². The normalized spacial score (nSPS) is 15.4. The van der Waals surface area contributed by atoms with Crippen molar-refractivity contribution < 1.29 is 30.0 Å². The van der Waals surface area contributed by atoms with E-state index in [9.17, 15) is 25.2 Å². The van der Waals surface area contributed by atoms with Gasteiger partial charge in [-0.2, -0.15) is 0 Å². The molecule has 1 aliphatic heterocycles. The molecule has 1 aliphatic rings. The molecule has 0 aliphatic carbocycles. The second kappa shape index (κ2) is 8.04. The molecule has 6 nitrogen and oxygen atoms in total. The number of carbonyl (C=O) groups excluding carboxylic acids is 1. The van der Waals surface area contributed by atoms with Crippen LogP contribution in [0, 0.1) is 0 Å². The molecule has 3 aromatic carbocycles. The molecule has 160 valence electrons. The van der Waals surface area contributed by atoms with Gasteiger partial charge in [0, 0.05) is 35.4 Å². The van der Waals surface area contributed by atoms with E-state index in [2.05, 4.69) is 0 Å². The number of ether oxygens (including phenoxy) is 1. The summed E-state index contributed by atoms with van der Waals surface area (Å²) < 4.78 is 5.86. The van der Waals surface area contributed by atoms with Gasteiger partial charge in [-0.25, -0.2) is 0 Å². The summed E-state index contributed by atoms with van der Waals surface area (Å²) in [4.78, 5) is 12.8. The topological polar surface area (TPSA) is 107 Å². The molecule has 4 rings (SSSR count). The molecule has 7 heteroatoms. The highest BCUT2D eigenvalue weighted by molar-refractivity contribution is 6.30. The van der Waals surface area contributed by atoms with Crippen LogP contribution in [0.3, 0.4) is 0 Å². The number of para-hydroxylation sites is 1. The molecule has 0 bridgehead atoms. The van der Waals surface area contributed by atoms with Crippen LogP contribution in [0.1, 0.15) is 46.0 Å². The summed E-state index contributed by atoms with van der Waals surface area (Å²) in [6.45, 7) is 1.73. The van der Waals surface area contributed by atoms with Gasteiger partial charge in [0.05, 0.1) is 0 Å². The summed E-state index contributed by atoms with van der Waals surface area (Å²) in [5.74, 6) is -0.861. The van der Waals surface area contributed by atoms with Gasteiger partial charge in [-0.3, -0.25) is 4.79 Å². The Kier molecular flexibility index (Phi) is 5.41. The van der Waals surface area contributed by atoms with Crippen molar-refractivity contribution in [3.05, 3.63) is 75.3 Å². The molecule has 1 unspecified atom stereocenters. The third-order valence-corrected chi connectivity index (χ3v) is 5.67. The maximum absolute atomic E-state index is 12.8. The van der Waals surface area contributed by atoms with Crippen LogP contribution in [-0.2, 0) is 12.8 Å². The van der Waals surface area contributed by atoms with Gasteiger partial charge in [-0.15, -0.1) is 0 Å². The molecule has 0 radical (unpaired) electrons. The third kappa shape index (κ3) is 3.86. The number of phenols is 4. The van der Waals surface area contributed by atoms with Crippen molar-refractivity contribution in [3.8, 4) is 28.7 Å². The molecule has 1 heterocycles. The Balaban J connectivity index is 1.92. The largest absolute Gasteiger partial charge is 0.508 e. The van der Waals surface area contributed by atoms with Crippen LogP contribution in [0.2, 0.25) is 5.02 Å². The molecule has 0 fully saturated rings. The molecular formula is C24H21ClO6. The Morgan fingerprint density at radius 3 is 2.35 bits per heavy atom. The average Bonchev–Trinajstić information content (AvgIpc) is 2.71. The fourth-order valence-corrected chi connectivity index (χ4v) is 4.07. The van der Waals surface area contributed by atoms with Crippen LogP contribution >= 0.6 is 11.6 Å². The van der Waals surface area contributed by atoms with Crippen molar-refractivity contribution in [2.45, 2.75) is 32.3 Å². The fourth-order valence-electron chi connectivity index (χ4n) is 3.87. The molecule has 31 heavy (non-hydrogen) atoms. The van der Waals surface area contributed by atoms with E-state index in [0.29, 0.717) is 16.1 Å². The van der Waals surface area contributed by atoms with E-state index in [0.717, 1.165) is 0 Å². The van der Waals surface area contributed by atoms with E-state index in [1.165, 1.54) is 18.2 Å². The highest BCUT2D eigenvalue weighted by atomic mass is 35.5. The van der Waals surface area contributed by atoms with Crippen molar-refractivity contribution in [1.29, 1.82) is 0 Å². The highest BCUT2D eigenvalue weighted by Gasteiger charge is 2.34. The first-order valence-corrected chi connectivity index (χ1v) is 10.2. The van der Waals surface area contributed by atoms with E-state index in [1.807, 2.05) is 0 Å². The van der Waals surface area contributed by atoms with Crippen LogP contribution < -0.4 is 4.74 Å². The van der Waals surface area contributed by atoms with Crippen LogP contribution in [-0.4, -0.2) is 32.3 Å². The molecule has 3 aromatic rings. The van der Waals surface area contributed by atoms with Gasteiger partial charge >= 0.3 is 0 Å². The number of benzene rings is 3.